The molecule has 4 aromatic carbocycles. The van der Waals surface area contributed by atoms with Gasteiger partial charge in [-0.15, -0.1) is 0 Å². The molecule has 1 spiro atoms. The van der Waals surface area contributed by atoms with Crippen LogP contribution in [0.2, 0.25) is 5.02 Å². The van der Waals surface area contributed by atoms with Crippen LogP contribution in [-0.2, 0) is 5.41 Å². The number of fused-ring (bicyclic) bond motifs is 10. The quantitative estimate of drug-likeness (QED) is 0.235. The predicted octanol–water partition coefficient (Wildman–Crippen LogP) is 7.45. The van der Waals surface area contributed by atoms with Gasteiger partial charge in [0.1, 0.15) is 0 Å². The molecule has 0 saturated heterocycles. The fourth-order valence-electron chi connectivity index (χ4n) is 5.14. The summed E-state index contributed by atoms with van der Waals surface area (Å²) >= 11 is 10.3. The average molecular weight is 430 g/mol. The Morgan fingerprint density at radius 3 is 1.56 bits per heavy atom. The molecule has 128 valence electrons. The van der Waals surface area contributed by atoms with Gasteiger partial charge < -0.3 is 0 Å². The predicted molar refractivity (Wildman–Crippen MR) is 115 cm³/mol. The normalized spacial score (nSPS) is 14.6. The zero-order valence-corrected chi connectivity index (χ0v) is 16.7. The van der Waals surface area contributed by atoms with E-state index in [4.69, 9.17) is 11.6 Å². The Bertz CT molecular complexity index is 1210. The lowest BCUT2D eigenvalue weighted by molar-refractivity contribution is 0.789. The second-order valence-corrected chi connectivity index (χ2v) is 8.49. The molecule has 27 heavy (non-hydrogen) atoms. The second-order valence-electron chi connectivity index (χ2n) is 7.20. The zero-order valence-electron chi connectivity index (χ0n) is 14.3. The van der Waals surface area contributed by atoms with E-state index in [-0.39, 0.29) is 5.41 Å². The molecule has 0 bridgehead atoms. The molecule has 4 aromatic rings. The van der Waals surface area contributed by atoms with Gasteiger partial charge in [0.25, 0.3) is 0 Å². The van der Waals surface area contributed by atoms with E-state index in [1.54, 1.807) is 0 Å². The van der Waals surface area contributed by atoms with Crippen molar-refractivity contribution in [3.63, 3.8) is 0 Å². The summed E-state index contributed by atoms with van der Waals surface area (Å²) in [4.78, 5) is 0. The maximum Gasteiger partial charge on any atom is 0.0736 e. The lowest BCUT2D eigenvalue weighted by Crippen LogP contribution is -2.26. The first-order valence-corrected chi connectivity index (χ1v) is 10.2. The molecule has 0 saturated carbocycles. The van der Waals surface area contributed by atoms with Crippen LogP contribution in [0.4, 0.5) is 0 Å². The van der Waals surface area contributed by atoms with Gasteiger partial charge in [-0.25, -0.2) is 0 Å². The smallest absolute Gasteiger partial charge is 0.0736 e. The minimum Gasteiger partial charge on any atom is -0.0843 e. The molecule has 0 fully saturated rings. The highest BCUT2D eigenvalue weighted by molar-refractivity contribution is 9.10. The van der Waals surface area contributed by atoms with E-state index in [9.17, 15) is 0 Å². The maximum atomic E-state index is 6.46. The number of hydrogen-bond donors (Lipinski definition) is 0. The molecule has 2 aliphatic rings. The van der Waals surface area contributed by atoms with Crippen LogP contribution in [0.25, 0.3) is 22.3 Å². The van der Waals surface area contributed by atoms with Crippen LogP contribution in [0.3, 0.4) is 0 Å². The van der Waals surface area contributed by atoms with Gasteiger partial charge in [0.05, 0.1) is 5.41 Å². The Labute approximate surface area is 171 Å². The van der Waals surface area contributed by atoms with Gasteiger partial charge in [-0.3, -0.25) is 0 Å². The lowest BCUT2D eigenvalue weighted by Gasteiger charge is -2.31. The topological polar surface area (TPSA) is 0 Å². The third kappa shape index (κ3) is 1.79. The highest BCUT2D eigenvalue weighted by Gasteiger charge is 2.52. The van der Waals surface area contributed by atoms with Crippen molar-refractivity contribution >= 4 is 27.5 Å². The van der Waals surface area contributed by atoms with Crippen LogP contribution in [-0.4, -0.2) is 0 Å². The first-order chi connectivity index (χ1) is 13.2. The molecule has 0 heterocycles. The van der Waals surface area contributed by atoms with E-state index in [1.807, 2.05) is 6.07 Å². The Hall–Kier alpha value is -2.35. The van der Waals surface area contributed by atoms with E-state index in [0.717, 1.165) is 9.50 Å². The third-order valence-electron chi connectivity index (χ3n) is 6.00. The molecule has 0 unspecified atom stereocenters. The van der Waals surface area contributed by atoms with Crippen molar-refractivity contribution in [2.24, 2.45) is 0 Å². The number of rotatable bonds is 0. The molecule has 2 heteroatoms. The van der Waals surface area contributed by atoms with Gasteiger partial charge in [0.2, 0.25) is 0 Å². The van der Waals surface area contributed by atoms with Crippen molar-refractivity contribution in [1.29, 1.82) is 0 Å². The van der Waals surface area contributed by atoms with Gasteiger partial charge in [-0.05, 0) is 56.6 Å². The molecule has 0 aromatic heterocycles. The largest absolute Gasteiger partial charge is 0.0843 e. The molecule has 0 N–H and O–H groups in total. The standard InChI is InChI=1S/C25H14BrCl/c26-23-14-15(27)13-19-18-9-3-6-12-22(18)25(24(19)23)20-10-4-1-7-16(20)17-8-2-5-11-21(17)25/h1-14H. The molecule has 0 aliphatic heterocycles. The highest BCUT2D eigenvalue weighted by atomic mass is 79.9. The summed E-state index contributed by atoms with van der Waals surface area (Å²) in [6.45, 7) is 0. The average Bonchev–Trinajstić information content (AvgIpc) is 3.15. The fraction of sp³-hybridized carbons (Fsp3) is 0.0400. The number of hydrogen-bond acceptors (Lipinski definition) is 0. The van der Waals surface area contributed by atoms with Gasteiger partial charge in [-0.2, -0.15) is 0 Å². The van der Waals surface area contributed by atoms with Crippen LogP contribution in [0.1, 0.15) is 22.3 Å². The monoisotopic (exact) mass is 428 g/mol. The first-order valence-electron chi connectivity index (χ1n) is 9.01. The summed E-state index contributed by atoms with van der Waals surface area (Å²) in [5.74, 6) is 0. The van der Waals surface area contributed by atoms with Crippen LogP contribution in [0.5, 0.6) is 0 Å². The van der Waals surface area contributed by atoms with Gasteiger partial charge in [0.15, 0.2) is 0 Å². The van der Waals surface area contributed by atoms with E-state index < -0.39 is 0 Å². The SMILES string of the molecule is Clc1cc(Br)c2c(c1)-c1ccccc1C21c2ccccc2-c2ccccc21. The summed E-state index contributed by atoms with van der Waals surface area (Å²) in [5, 5.41) is 0.757. The minimum absolute atomic E-state index is 0.303. The van der Waals surface area contributed by atoms with Gasteiger partial charge in [0, 0.05) is 9.50 Å². The van der Waals surface area contributed by atoms with Gasteiger partial charge in [-0.1, -0.05) is 100 Å². The Morgan fingerprint density at radius 2 is 1.04 bits per heavy atom. The van der Waals surface area contributed by atoms with Gasteiger partial charge >= 0.3 is 0 Å². The summed E-state index contributed by atoms with van der Waals surface area (Å²) in [7, 11) is 0. The Kier molecular flexibility index (Phi) is 3.10. The number of benzene rings is 4. The number of halogens is 2. The second kappa shape index (κ2) is 5.34. The molecular weight excluding hydrogens is 416 g/mol. The molecule has 0 nitrogen and oxygen atoms in total. The van der Waals surface area contributed by atoms with Crippen molar-refractivity contribution in [2.75, 3.05) is 0 Å². The molecule has 0 atom stereocenters. The van der Waals surface area contributed by atoms with E-state index in [2.05, 4.69) is 94.8 Å². The Balaban J connectivity index is 1.89. The summed E-state index contributed by atoms with van der Waals surface area (Å²) in [6, 6.07) is 30.5. The fourth-order valence-corrected chi connectivity index (χ4v) is 6.25. The third-order valence-corrected chi connectivity index (χ3v) is 6.85. The first kappa shape index (κ1) is 15.7. The van der Waals surface area contributed by atoms with E-state index in [0.29, 0.717) is 0 Å². The Morgan fingerprint density at radius 1 is 0.593 bits per heavy atom. The van der Waals surface area contributed by atoms with E-state index in [1.165, 1.54) is 44.5 Å². The van der Waals surface area contributed by atoms with Crippen LogP contribution in [0, 0.1) is 0 Å². The highest BCUT2D eigenvalue weighted by Crippen LogP contribution is 2.64. The van der Waals surface area contributed by atoms with Crippen LogP contribution < -0.4 is 0 Å². The molecule has 6 rings (SSSR count). The molecular formula is C25H14BrCl. The minimum atomic E-state index is -0.303. The summed E-state index contributed by atoms with van der Waals surface area (Å²) < 4.78 is 1.06. The summed E-state index contributed by atoms with van der Waals surface area (Å²) in [6.07, 6.45) is 0. The van der Waals surface area contributed by atoms with Crippen molar-refractivity contribution < 1.29 is 0 Å². The maximum absolute atomic E-state index is 6.46. The van der Waals surface area contributed by atoms with Crippen molar-refractivity contribution in [3.8, 4) is 22.3 Å². The van der Waals surface area contributed by atoms with Crippen molar-refractivity contribution in [1.82, 2.24) is 0 Å². The van der Waals surface area contributed by atoms with Crippen LogP contribution in [0.15, 0.2) is 89.4 Å². The molecule has 2 aliphatic carbocycles. The van der Waals surface area contributed by atoms with Crippen molar-refractivity contribution in [2.45, 2.75) is 5.41 Å². The van der Waals surface area contributed by atoms with Crippen LogP contribution >= 0.6 is 27.5 Å². The van der Waals surface area contributed by atoms with E-state index >= 15 is 0 Å². The summed E-state index contributed by atoms with van der Waals surface area (Å²) in [5.41, 5.74) is 10.1. The lowest BCUT2D eigenvalue weighted by atomic mass is 9.70. The van der Waals surface area contributed by atoms with Crippen molar-refractivity contribution in [3.05, 3.63) is 117 Å². The molecule has 0 amide bonds. The molecule has 0 radical (unpaired) electrons. The zero-order chi connectivity index (χ0) is 18.2.